The molecule has 0 unspecified atom stereocenters. The molecule has 10 nitrogen and oxygen atoms in total. The van der Waals surface area contributed by atoms with Crippen molar-refractivity contribution in [2.45, 2.75) is 24.5 Å². The Kier molecular flexibility index (Phi) is 2.94. The van der Waals surface area contributed by atoms with E-state index < -0.39 is 31.1 Å². The predicted octanol–water partition coefficient (Wildman–Crippen LogP) is -2.44. The zero-order valence-electron chi connectivity index (χ0n) is 10.2. The van der Waals surface area contributed by atoms with Crippen molar-refractivity contribution >= 4 is 11.2 Å². The van der Waals surface area contributed by atoms with Gasteiger partial charge in [-0.2, -0.15) is 4.73 Å². The Balaban J connectivity index is 2.08. The highest BCUT2D eigenvalue weighted by atomic mass is 16.6. The summed E-state index contributed by atoms with van der Waals surface area (Å²) in [7, 11) is 0. The highest BCUT2D eigenvalue weighted by Gasteiger charge is 2.43. The van der Waals surface area contributed by atoms with Gasteiger partial charge in [-0.05, 0) is 0 Å². The van der Waals surface area contributed by atoms with Crippen molar-refractivity contribution in [1.82, 2.24) is 19.3 Å². The number of aliphatic hydroxyl groups is 3. The summed E-state index contributed by atoms with van der Waals surface area (Å²) in [5, 5.41) is 45.7. The number of fused-ring (bicyclic) bond motifs is 1. The topological polar surface area (TPSA) is 150 Å². The lowest BCUT2D eigenvalue weighted by Gasteiger charge is -2.16. The van der Waals surface area contributed by atoms with Gasteiger partial charge in [0.1, 0.15) is 24.6 Å². The normalized spacial score (nSPS) is 30.1. The minimum Gasteiger partial charge on any atom is -0.425 e. The fourth-order valence-corrected chi connectivity index (χ4v) is 2.22. The van der Waals surface area contributed by atoms with Crippen LogP contribution >= 0.6 is 0 Å². The molecule has 10 heteroatoms. The number of nitrogens with one attached hydrogen (secondary N) is 1. The Hall–Kier alpha value is -2.01. The molecular weight excluding hydrogens is 270 g/mol. The molecule has 4 atom stereocenters. The number of imidazole rings is 1. The van der Waals surface area contributed by atoms with Crippen LogP contribution in [0, 0.1) is 5.41 Å². The highest BCUT2D eigenvalue weighted by Crippen LogP contribution is 2.30. The first-order valence-corrected chi connectivity index (χ1v) is 5.85. The van der Waals surface area contributed by atoms with E-state index in [1.807, 2.05) is 0 Å². The third-order valence-corrected chi connectivity index (χ3v) is 3.30. The van der Waals surface area contributed by atoms with Crippen LogP contribution in [-0.4, -0.2) is 64.7 Å². The van der Waals surface area contributed by atoms with E-state index in [1.54, 1.807) is 0 Å². The van der Waals surface area contributed by atoms with Crippen molar-refractivity contribution in [2.24, 2.45) is 0 Å². The number of hydrogen-bond donors (Lipinski definition) is 5. The van der Waals surface area contributed by atoms with Gasteiger partial charge >= 0.3 is 0 Å². The fraction of sp³-hybridized carbons (Fsp3) is 0.500. The van der Waals surface area contributed by atoms with Crippen LogP contribution in [0.3, 0.4) is 0 Å². The molecule has 0 spiro atoms. The van der Waals surface area contributed by atoms with E-state index in [4.69, 9.17) is 15.3 Å². The van der Waals surface area contributed by atoms with Gasteiger partial charge in [0.05, 0.1) is 12.9 Å². The van der Waals surface area contributed by atoms with Gasteiger partial charge in [0.2, 0.25) is 0 Å². The van der Waals surface area contributed by atoms with Crippen LogP contribution in [0.5, 0.6) is 0 Å². The maximum atomic E-state index is 9.95. The molecule has 3 heterocycles. The van der Waals surface area contributed by atoms with E-state index in [2.05, 4.69) is 9.97 Å². The molecule has 0 bridgehead atoms. The number of aliphatic hydroxyl groups excluding tert-OH is 3. The molecule has 0 radical (unpaired) electrons. The molecule has 0 aliphatic carbocycles. The zero-order chi connectivity index (χ0) is 14.4. The van der Waals surface area contributed by atoms with Gasteiger partial charge in [-0.15, -0.1) is 0 Å². The molecule has 0 saturated carbocycles. The first-order valence-electron chi connectivity index (χ1n) is 5.85. The summed E-state index contributed by atoms with van der Waals surface area (Å²) in [5.41, 5.74) is 0.0726. The third-order valence-electron chi connectivity index (χ3n) is 3.30. The van der Waals surface area contributed by atoms with Gasteiger partial charge in [-0.3, -0.25) is 9.98 Å². The predicted molar refractivity (Wildman–Crippen MR) is 61.6 cm³/mol. The van der Waals surface area contributed by atoms with Gasteiger partial charge in [0.25, 0.3) is 0 Å². The zero-order valence-corrected chi connectivity index (χ0v) is 10.2. The molecule has 108 valence electrons. The summed E-state index contributed by atoms with van der Waals surface area (Å²) >= 11 is 0. The molecule has 3 rings (SSSR count). The van der Waals surface area contributed by atoms with Crippen LogP contribution < -0.4 is 5.49 Å². The Labute approximate surface area is 111 Å². The largest absolute Gasteiger partial charge is 0.425 e. The minimum atomic E-state index is -1.26. The van der Waals surface area contributed by atoms with Crippen LogP contribution in [0.2, 0.25) is 0 Å². The summed E-state index contributed by atoms with van der Waals surface area (Å²) in [5.74, 6) is 0. The van der Waals surface area contributed by atoms with Crippen LogP contribution in [0.1, 0.15) is 6.23 Å². The SMILES string of the molecule is N=c1c2ncn([C@H]3O[C@H](CO)[C@@H](O)[C@H]3O)c2ncn1O. The smallest absolute Gasteiger partial charge is 0.192 e. The molecule has 1 aliphatic rings. The number of ether oxygens (including phenoxy) is 1. The molecule has 0 amide bonds. The molecular formula is C10H13N5O5. The number of nitrogens with zero attached hydrogens (tertiary/aromatic N) is 4. The van der Waals surface area contributed by atoms with E-state index >= 15 is 0 Å². The monoisotopic (exact) mass is 283 g/mol. The Morgan fingerprint density at radius 1 is 1.25 bits per heavy atom. The fourth-order valence-electron chi connectivity index (χ4n) is 2.22. The summed E-state index contributed by atoms with van der Waals surface area (Å²) < 4.78 is 7.22. The number of rotatable bonds is 2. The summed E-state index contributed by atoms with van der Waals surface area (Å²) in [6.07, 6.45) is -2.07. The maximum absolute atomic E-state index is 9.95. The average Bonchev–Trinajstić information content (AvgIpc) is 2.98. The van der Waals surface area contributed by atoms with E-state index in [9.17, 15) is 15.4 Å². The van der Waals surface area contributed by atoms with Crippen molar-refractivity contribution in [3.05, 3.63) is 18.1 Å². The Morgan fingerprint density at radius 2 is 2.00 bits per heavy atom. The lowest BCUT2D eigenvalue weighted by atomic mass is 10.1. The minimum absolute atomic E-state index is 0.118. The van der Waals surface area contributed by atoms with Crippen molar-refractivity contribution < 1.29 is 25.3 Å². The number of aromatic nitrogens is 4. The van der Waals surface area contributed by atoms with Crippen molar-refractivity contribution in [1.29, 1.82) is 5.41 Å². The molecule has 20 heavy (non-hydrogen) atoms. The third kappa shape index (κ3) is 1.70. The van der Waals surface area contributed by atoms with Gasteiger partial charge in [0, 0.05) is 0 Å². The molecule has 2 aromatic rings. The molecule has 0 aromatic carbocycles. The van der Waals surface area contributed by atoms with Crippen molar-refractivity contribution in [3.63, 3.8) is 0 Å². The highest BCUT2D eigenvalue weighted by molar-refractivity contribution is 5.68. The van der Waals surface area contributed by atoms with E-state index in [0.717, 1.165) is 6.33 Å². The summed E-state index contributed by atoms with van der Waals surface area (Å²) in [6.45, 7) is -0.435. The summed E-state index contributed by atoms with van der Waals surface area (Å²) in [6, 6.07) is 0. The van der Waals surface area contributed by atoms with Crippen LogP contribution in [0.15, 0.2) is 12.7 Å². The first-order chi connectivity index (χ1) is 9.54. The van der Waals surface area contributed by atoms with E-state index in [-0.39, 0.29) is 16.7 Å². The van der Waals surface area contributed by atoms with Gasteiger partial charge in [-0.25, -0.2) is 9.97 Å². The van der Waals surface area contributed by atoms with E-state index in [0.29, 0.717) is 4.73 Å². The molecule has 5 N–H and O–H groups in total. The summed E-state index contributed by atoms with van der Waals surface area (Å²) in [4.78, 5) is 7.85. The quantitative estimate of drug-likeness (QED) is 0.384. The molecule has 1 saturated heterocycles. The van der Waals surface area contributed by atoms with Crippen LogP contribution in [0.4, 0.5) is 0 Å². The van der Waals surface area contributed by atoms with E-state index in [1.165, 1.54) is 10.9 Å². The average molecular weight is 283 g/mol. The number of hydrogen-bond acceptors (Lipinski definition) is 8. The van der Waals surface area contributed by atoms with Gasteiger partial charge in [-0.1, -0.05) is 0 Å². The second-order valence-electron chi connectivity index (χ2n) is 4.49. The molecule has 1 fully saturated rings. The van der Waals surface area contributed by atoms with Crippen LogP contribution in [0.25, 0.3) is 11.2 Å². The second-order valence-corrected chi connectivity index (χ2v) is 4.49. The van der Waals surface area contributed by atoms with Crippen molar-refractivity contribution in [2.75, 3.05) is 6.61 Å². The Morgan fingerprint density at radius 3 is 2.65 bits per heavy atom. The first kappa shape index (κ1) is 13.0. The van der Waals surface area contributed by atoms with Gasteiger partial charge in [0.15, 0.2) is 22.9 Å². The molecule has 2 aromatic heterocycles. The maximum Gasteiger partial charge on any atom is 0.192 e. The van der Waals surface area contributed by atoms with Crippen molar-refractivity contribution in [3.8, 4) is 0 Å². The molecule has 1 aliphatic heterocycles. The second kappa shape index (κ2) is 4.52. The standard InChI is InChI=1S/C10H13N5O5/c11-8-5-9(13-3-15(8)19)14(2-12-5)10-7(18)6(17)4(1-16)20-10/h2-4,6-7,10-11,16-19H,1H2/t4-,6-,7-,10+/m1/s1. The lowest BCUT2D eigenvalue weighted by Crippen LogP contribution is -2.33. The van der Waals surface area contributed by atoms with Gasteiger partial charge < -0.3 is 25.3 Å². The Bertz CT molecular complexity index is 697. The van der Waals surface area contributed by atoms with Crippen LogP contribution in [-0.2, 0) is 4.74 Å². The lowest BCUT2D eigenvalue weighted by molar-refractivity contribution is -0.0511.